The van der Waals surface area contributed by atoms with E-state index in [0.717, 1.165) is 11.1 Å². The summed E-state index contributed by atoms with van der Waals surface area (Å²) in [6, 6.07) is 16.2. The summed E-state index contributed by atoms with van der Waals surface area (Å²) in [7, 11) is 0. The van der Waals surface area contributed by atoms with Gasteiger partial charge in [-0.2, -0.15) is 0 Å². The molecule has 0 saturated carbocycles. The number of hydrogen-bond acceptors (Lipinski definition) is 4. The predicted octanol–water partition coefficient (Wildman–Crippen LogP) is 5.42. The molecule has 31 heavy (non-hydrogen) atoms. The van der Waals surface area contributed by atoms with Crippen LogP contribution in [0.4, 0.5) is 4.39 Å². The molecule has 1 aliphatic rings. The minimum absolute atomic E-state index is 0.0347. The van der Waals surface area contributed by atoms with E-state index in [1.807, 2.05) is 18.2 Å². The second-order valence-electron chi connectivity index (χ2n) is 8.31. The molecule has 1 aliphatic heterocycles. The van der Waals surface area contributed by atoms with Crippen molar-refractivity contribution in [2.45, 2.75) is 44.9 Å². The van der Waals surface area contributed by atoms with Crippen molar-refractivity contribution in [3.05, 3.63) is 81.3 Å². The van der Waals surface area contributed by atoms with Crippen LogP contribution in [0.1, 0.15) is 37.8 Å². The molecule has 0 spiro atoms. The maximum Gasteiger partial charge on any atom is 0.337 e. The summed E-state index contributed by atoms with van der Waals surface area (Å²) in [6.07, 6.45) is -1.77. The SMILES string of the molecule is CC(C)(C)OC(=O)C1=C(NC(=O)C(F)Cc2ccccc2)SCC1c1ccc(Cl)cc1. The third-order valence-electron chi connectivity index (χ3n) is 4.66. The van der Waals surface area contributed by atoms with Gasteiger partial charge >= 0.3 is 5.97 Å². The second kappa shape index (κ2) is 9.88. The first-order valence-corrected chi connectivity index (χ1v) is 11.3. The van der Waals surface area contributed by atoms with Gasteiger partial charge in [-0.25, -0.2) is 9.18 Å². The number of carbonyl (C=O) groups is 2. The summed E-state index contributed by atoms with van der Waals surface area (Å²) in [5.41, 5.74) is 1.24. The average molecular weight is 462 g/mol. The van der Waals surface area contributed by atoms with E-state index in [-0.39, 0.29) is 12.3 Å². The maximum atomic E-state index is 14.6. The van der Waals surface area contributed by atoms with Gasteiger partial charge in [0.15, 0.2) is 6.17 Å². The number of halogens is 2. The van der Waals surface area contributed by atoms with Crippen molar-refractivity contribution >= 4 is 35.2 Å². The number of benzene rings is 2. The van der Waals surface area contributed by atoms with Gasteiger partial charge in [0.1, 0.15) is 5.60 Å². The Bertz CT molecular complexity index is 971. The number of esters is 1. The highest BCUT2D eigenvalue weighted by molar-refractivity contribution is 8.03. The van der Waals surface area contributed by atoms with Crippen LogP contribution in [0.5, 0.6) is 0 Å². The maximum absolute atomic E-state index is 14.6. The predicted molar refractivity (Wildman–Crippen MR) is 123 cm³/mol. The Hall–Kier alpha value is -2.31. The molecule has 2 unspecified atom stereocenters. The molecule has 164 valence electrons. The topological polar surface area (TPSA) is 55.4 Å². The van der Waals surface area contributed by atoms with Gasteiger partial charge in [-0.1, -0.05) is 54.1 Å². The van der Waals surface area contributed by atoms with Gasteiger partial charge in [-0.3, -0.25) is 4.79 Å². The van der Waals surface area contributed by atoms with E-state index in [9.17, 15) is 14.0 Å². The lowest BCUT2D eigenvalue weighted by Crippen LogP contribution is -2.33. The van der Waals surface area contributed by atoms with E-state index in [1.165, 1.54) is 11.8 Å². The molecule has 0 aromatic heterocycles. The molecule has 2 aromatic carbocycles. The lowest BCUT2D eigenvalue weighted by Gasteiger charge is -2.22. The third kappa shape index (κ3) is 6.34. The minimum atomic E-state index is -1.73. The van der Waals surface area contributed by atoms with Gasteiger partial charge in [0, 0.05) is 23.1 Å². The molecule has 0 fully saturated rings. The molecule has 0 saturated heterocycles. The molecule has 0 radical (unpaired) electrons. The van der Waals surface area contributed by atoms with Crippen molar-refractivity contribution in [2.75, 3.05) is 5.75 Å². The van der Waals surface area contributed by atoms with E-state index in [2.05, 4.69) is 5.32 Å². The quantitative estimate of drug-likeness (QED) is 0.583. The van der Waals surface area contributed by atoms with Gasteiger partial charge in [0.05, 0.1) is 10.6 Å². The molecule has 3 rings (SSSR count). The van der Waals surface area contributed by atoms with E-state index in [4.69, 9.17) is 16.3 Å². The molecular weight excluding hydrogens is 437 g/mol. The Morgan fingerprint density at radius 1 is 1.16 bits per heavy atom. The zero-order valence-electron chi connectivity index (χ0n) is 17.7. The largest absolute Gasteiger partial charge is 0.457 e. The smallest absolute Gasteiger partial charge is 0.337 e. The monoisotopic (exact) mass is 461 g/mol. The fourth-order valence-corrected chi connectivity index (χ4v) is 4.59. The molecule has 4 nitrogen and oxygen atoms in total. The van der Waals surface area contributed by atoms with Crippen molar-refractivity contribution in [1.29, 1.82) is 0 Å². The summed E-state index contributed by atoms with van der Waals surface area (Å²) in [4.78, 5) is 25.5. The first kappa shape index (κ1) is 23.4. The van der Waals surface area contributed by atoms with E-state index < -0.39 is 23.6 Å². The molecule has 7 heteroatoms. The van der Waals surface area contributed by atoms with Crippen LogP contribution in [0.25, 0.3) is 0 Å². The molecule has 0 bridgehead atoms. The molecule has 1 N–H and O–H groups in total. The van der Waals surface area contributed by atoms with Crippen LogP contribution in [0.15, 0.2) is 65.2 Å². The number of amides is 1. The third-order valence-corrected chi connectivity index (χ3v) is 6.02. The van der Waals surface area contributed by atoms with Crippen molar-refractivity contribution in [2.24, 2.45) is 0 Å². The van der Waals surface area contributed by atoms with Crippen molar-refractivity contribution in [1.82, 2.24) is 5.32 Å². The summed E-state index contributed by atoms with van der Waals surface area (Å²) >= 11 is 7.31. The van der Waals surface area contributed by atoms with Gasteiger partial charge in [0.2, 0.25) is 0 Å². The highest BCUT2D eigenvalue weighted by Crippen LogP contribution is 2.42. The van der Waals surface area contributed by atoms with Crippen LogP contribution in [0.2, 0.25) is 5.02 Å². The fraction of sp³-hybridized carbons (Fsp3) is 0.333. The van der Waals surface area contributed by atoms with Crippen LogP contribution in [-0.2, 0) is 20.7 Å². The number of alkyl halides is 1. The van der Waals surface area contributed by atoms with E-state index >= 15 is 0 Å². The normalized spacial score (nSPS) is 17.4. The Morgan fingerprint density at radius 2 is 1.81 bits per heavy atom. The van der Waals surface area contributed by atoms with Crippen molar-refractivity contribution in [3.8, 4) is 0 Å². The number of nitrogens with one attached hydrogen (secondary N) is 1. The van der Waals surface area contributed by atoms with Gasteiger partial charge in [0.25, 0.3) is 5.91 Å². The first-order valence-electron chi connectivity index (χ1n) is 9.98. The van der Waals surface area contributed by atoms with Crippen LogP contribution in [0, 0.1) is 0 Å². The van der Waals surface area contributed by atoms with E-state index in [1.54, 1.807) is 57.2 Å². The van der Waals surface area contributed by atoms with Gasteiger partial charge < -0.3 is 10.1 Å². The van der Waals surface area contributed by atoms with Crippen LogP contribution < -0.4 is 5.32 Å². The van der Waals surface area contributed by atoms with Crippen LogP contribution in [-0.4, -0.2) is 29.4 Å². The van der Waals surface area contributed by atoms with Crippen LogP contribution in [0.3, 0.4) is 0 Å². The molecule has 2 aromatic rings. The molecule has 1 heterocycles. The Morgan fingerprint density at radius 3 is 2.42 bits per heavy atom. The second-order valence-corrected chi connectivity index (χ2v) is 9.77. The fourth-order valence-electron chi connectivity index (χ4n) is 3.22. The highest BCUT2D eigenvalue weighted by atomic mass is 35.5. The average Bonchev–Trinajstić information content (AvgIpc) is 3.11. The van der Waals surface area contributed by atoms with Crippen molar-refractivity contribution in [3.63, 3.8) is 0 Å². The molecular formula is C24H25ClFNO3S. The number of thioether (sulfide) groups is 1. The van der Waals surface area contributed by atoms with Crippen molar-refractivity contribution < 1.29 is 18.7 Å². The Kier molecular flexibility index (Phi) is 7.44. The van der Waals surface area contributed by atoms with Gasteiger partial charge in [-0.05, 0) is 44.0 Å². The van der Waals surface area contributed by atoms with Crippen LogP contribution >= 0.6 is 23.4 Å². The zero-order chi connectivity index (χ0) is 22.6. The lowest BCUT2D eigenvalue weighted by molar-refractivity contribution is -0.150. The number of rotatable bonds is 6. The lowest BCUT2D eigenvalue weighted by atomic mass is 9.93. The summed E-state index contributed by atoms with van der Waals surface area (Å²) in [5, 5.41) is 3.56. The first-order chi connectivity index (χ1) is 14.6. The number of ether oxygens (including phenoxy) is 1. The Labute approximate surface area is 191 Å². The molecule has 1 amide bonds. The number of hydrogen-bond donors (Lipinski definition) is 1. The standard InChI is InChI=1S/C24H25ClFNO3S/c1-24(2,3)30-23(29)20-18(16-9-11-17(25)12-10-16)14-31-22(20)27-21(28)19(26)13-15-7-5-4-6-8-15/h4-12,18-19H,13-14H2,1-3H3,(H,27,28). The highest BCUT2D eigenvalue weighted by Gasteiger charge is 2.36. The number of carbonyl (C=O) groups excluding carboxylic acids is 2. The molecule has 0 aliphatic carbocycles. The zero-order valence-corrected chi connectivity index (χ0v) is 19.2. The van der Waals surface area contributed by atoms with E-state index in [0.29, 0.717) is 21.4 Å². The summed E-state index contributed by atoms with van der Waals surface area (Å²) < 4.78 is 20.2. The minimum Gasteiger partial charge on any atom is -0.457 e. The summed E-state index contributed by atoms with van der Waals surface area (Å²) in [6.45, 7) is 5.33. The Balaban J connectivity index is 1.84. The van der Waals surface area contributed by atoms with Gasteiger partial charge in [-0.15, -0.1) is 11.8 Å². The molecule has 2 atom stereocenters. The summed E-state index contributed by atoms with van der Waals surface area (Å²) in [5.74, 6) is -1.06.